The molecule has 0 spiro atoms. The fraction of sp³-hybridized carbons (Fsp3) is 0.455. The third-order valence-electron chi connectivity index (χ3n) is 5.01. The maximum absolute atomic E-state index is 12.7. The first-order valence-electron chi connectivity index (χ1n) is 10.4. The van der Waals surface area contributed by atoms with Gasteiger partial charge in [0.05, 0.1) is 25.0 Å². The van der Waals surface area contributed by atoms with E-state index < -0.39 is 0 Å². The van der Waals surface area contributed by atoms with Gasteiger partial charge in [0.15, 0.2) is 11.0 Å². The van der Waals surface area contributed by atoms with Gasteiger partial charge < -0.3 is 19.5 Å². The zero-order valence-corrected chi connectivity index (χ0v) is 18.8. The summed E-state index contributed by atoms with van der Waals surface area (Å²) in [5, 5.41) is 12.4. The van der Waals surface area contributed by atoms with Crippen molar-refractivity contribution in [3.8, 4) is 0 Å². The summed E-state index contributed by atoms with van der Waals surface area (Å²) in [7, 11) is 0. The van der Waals surface area contributed by atoms with Gasteiger partial charge in [-0.1, -0.05) is 49.9 Å². The molecule has 2 heterocycles. The highest BCUT2D eigenvalue weighted by Crippen LogP contribution is 2.26. The molecule has 1 atom stereocenters. The Balaban J connectivity index is 1.75. The van der Waals surface area contributed by atoms with Crippen LogP contribution in [0.2, 0.25) is 0 Å². The molecule has 1 aromatic heterocycles. The van der Waals surface area contributed by atoms with Gasteiger partial charge >= 0.3 is 0 Å². The molecule has 31 heavy (non-hydrogen) atoms. The van der Waals surface area contributed by atoms with Crippen LogP contribution < -0.4 is 5.32 Å². The van der Waals surface area contributed by atoms with E-state index in [0.717, 1.165) is 0 Å². The van der Waals surface area contributed by atoms with Gasteiger partial charge in [-0.2, -0.15) is 0 Å². The minimum Gasteiger partial charge on any atom is -0.378 e. The van der Waals surface area contributed by atoms with Crippen LogP contribution in [0.5, 0.6) is 0 Å². The highest BCUT2D eigenvalue weighted by Gasteiger charge is 2.27. The molecule has 1 N–H and O–H groups in total. The number of carbonyl (C=O) groups is 2. The molecular formula is C22H29N5O3S. The zero-order valence-electron chi connectivity index (χ0n) is 18.0. The van der Waals surface area contributed by atoms with Crippen LogP contribution in [0.3, 0.4) is 0 Å². The predicted molar refractivity (Wildman–Crippen MR) is 120 cm³/mol. The van der Waals surface area contributed by atoms with E-state index in [4.69, 9.17) is 4.74 Å². The summed E-state index contributed by atoms with van der Waals surface area (Å²) in [5.41, 5.74) is 0.591. The van der Waals surface area contributed by atoms with E-state index in [9.17, 15) is 9.59 Å². The van der Waals surface area contributed by atoms with Gasteiger partial charge in [0.1, 0.15) is 0 Å². The standard InChI is InChI=1S/C22H29N5O3S/c1-4-10-27-20(19(16(2)3)23-21(29)17-8-6-5-7-9-17)24-25-22(27)31-15-18(28)26-11-13-30-14-12-26/h4-9,16,19H,1,10-15H2,2-3H3,(H,23,29)/t19-/m1/s1. The Morgan fingerprint density at radius 1 is 1.23 bits per heavy atom. The van der Waals surface area contributed by atoms with Gasteiger partial charge in [-0.3, -0.25) is 9.59 Å². The van der Waals surface area contributed by atoms with Crippen molar-refractivity contribution in [2.45, 2.75) is 31.6 Å². The molecule has 1 fully saturated rings. The third-order valence-corrected chi connectivity index (χ3v) is 5.96. The van der Waals surface area contributed by atoms with E-state index in [-0.39, 0.29) is 29.5 Å². The highest BCUT2D eigenvalue weighted by molar-refractivity contribution is 7.99. The van der Waals surface area contributed by atoms with E-state index >= 15 is 0 Å². The number of rotatable bonds is 9. The molecule has 9 heteroatoms. The lowest BCUT2D eigenvalue weighted by atomic mass is 10.0. The Morgan fingerprint density at radius 3 is 2.58 bits per heavy atom. The number of carbonyl (C=O) groups excluding carboxylic acids is 2. The van der Waals surface area contributed by atoms with Gasteiger partial charge in [0.2, 0.25) is 5.91 Å². The van der Waals surface area contributed by atoms with Crippen LogP contribution in [-0.2, 0) is 16.1 Å². The van der Waals surface area contributed by atoms with E-state index in [0.29, 0.717) is 49.4 Å². The molecule has 0 bridgehead atoms. The number of amides is 2. The van der Waals surface area contributed by atoms with Crippen molar-refractivity contribution in [2.75, 3.05) is 32.1 Å². The van der Waals surface area contributed by atoms with E-state index in [1.54, 1.807) is 18.2 Å². The number of aromatic nitrogens is 3. The number of thioether (sulfide) groups is 1. The van der Waals surface area contributed by atoms with Crippen molar-refractivity contribution in [1.82, 2.24) is 25.0 Å². The highest BCUT2D eigenvalue weighted by atomic mass is 32.2. The van der Waals surface area contributed by atoms with Crippen molar-refractivity contribution in [2.24, 2.45) is 5.92 Å². The Hall–Kier alpha value is -2.65. The predicted octanol–water partition coefficient (Wildman–Crippen LogP) is 2.54. The summed E-state index contributed by atoms with van der Waals surface area (Å²) in [6, 6.07) is 8.77. The van der Waals surface area contributed by atoms with Crippen molar-refractivity contribution >= 4 is 23.6 Å². The normalized spacial score (nSPS) is 15.0. The Morgan fingerprint density at radius 2 is 1.94 bits per heavy atom. The SMILES string of the molecule is C=CCn1c(SCC(=O)N2CCOCC2)nnc1[C@H](NC(=O)c1ccccc1)C(C)C. The molecular weight excluding hydrogens is 414 g/mol. The largest absolute Gasteiger partial charge is 0.378 e. The van der Waals surface area contributed by atoms with Gasteiger partial charge in [-0.15, -0.1) is 16.8 Å². The second kappa shape index (κ2) is 11.1. The van der Waals surface area contributed by atoms with Crippen molar-refractivity contribution in [3.05, 3.63) is 54.4 Å². The molecule has 0 unspecified atom stereocenters. The van der Waals surface area contributed by atoms with Crippen molar-refractivity contribution in [3.63, 3.8) is 0 Å². The summed E-state index contributed by atoms with van der Waals surface area (Å²) in [6.07, 6.45) is 1.76. The molecule has 0 radical (unpaired) electrons. The van der Waals surface area contributed by atoms with Crippen LogP contribution >= 0.6 is 11.8 Å². The van der Waals surface area contributed by atoms with Crippen LogP contribution in [0.4, 0.5) is 0 Å². The number of benzene rings is 1. The molecule has 2 amide bonds. The minimum atomic E-state index is -0.329. The second-order valence-corrected chi connectivity index (χ2v) is 8.53. The Labute approximate surface area is 187 Å². The minimum absolute atomic E-state index is 0.0563. The van der Waals surface area contributed by atoms with Gasteiger partial charge in [0, 0.05) is 25.2 Å². The topological polar surface area (TPSA) is 89.3 Å². The van der Waals surface area contributed by atoms with E-state index in [1.807, 2.05) is 41.5 Å². The molecule has 0 aliphatic carbocycles. The molecule has 2 aromatic rings. The average molecular weight is 444 g/mol. The zero-order chi connectivity index (χ0) is 22.2. The van der Waals surface area contributed by atoms with Crippen molar-refractivity contribution in [1.29, 1.82) is 0 Å². The summed E-state index contributed by atoms with van der Waals surface area (Å²) >= 11 is 1.35. The molecule has 0 saturated carbocycles. The lowest BCUT2D eigenvalue weighted by Crippen LogP contribution is -2.41. The lowest BCUT2D eigenvalue weighted by Gasteiger charge is -2.26. The Kier molecular flexibility index (Phi) is 8.25. The summed E-state index contributed by atoms with van der Waals surface area (Å²) in [6.45, 7) is 10.8. The van der Waals surface area contributed by atoms with Crippen LogP contribution in [0.1, 0.15) is 36.1 Å². The first kappa shape index (κ1) is 23.0. The number of hydrogen-bond donors (Lipinski definition) is 1. The molecule has 8 nitrogen and oxygen atoms in total. The molecule has 1 aliphatic heterocycles. The molecule has 166 valence electrons. The van der Waals surface area contributed by atoms with E-state index in [1.165, 1.54) is 11.8 Å². The first-order valence-corrected chi connectivity index (χ1v) is 11.4. The Bertz CT molecular complexity index is 894. The molecule has 1 aliphatic rings. The van der Waals surface area contributed by atoms with Crippen LogP contribution in [0.15, 0.2) is 48.1 Å². The molecule has 3 rings (SSSR count). The fourth-order valence-corrected chi connectivity index (χ4v) is 4.17. The quantitative estimate of drug-likeness (QED) is 0.473. The lowest BCUT2D eigenvalue weighted by molar-refractivity contribution is -0.132. The number of allylic oxidation sites excluding steroid dienone is 1. The van der Waals surface area contributed by atoms with Gasteiger partial charge in [-0.25, -0.2) is 0 Å². The molecule has 1 aromatic carbocycles. The molecule has 1 saturated heterocycles. The monoisotopic (exact) mass is 443 g/mol. The third kappa shape index (κ3) is 5.95. The van der Waals surface area contributed by atoms with Crippen LogP contribution in [0.25, 0.3) is 0 Å². The second-order valence-electron chi connectivity index (χ2n) is 7.58. The average Bonchev–Trinajstić information content (AvgIpc) is 3.19. The van der Waals surface area contributed by atoms with Crippen LogP contribution in [0, 0.1) is 5.92 Å². The number of nitrogens with one attached hydrogen (secondary N) is 1. The maximum Gasteiger partial charge on any atom is 0.251 e. The summed E-state index contributed by atoms with van der Waals surface area (Å²) in [4.78, 5) is 27.1. The number of morpholine rings is 1. The maximum atomic E-state index is 12.7. The van der Waals surface area contributed by atoms with Gasteiger partial charge in [-0.05, 0) is 18.1 Å². The van der Waals surface area contributed by atoms with Crippen LogP contribution in [-0.4, -0.2) is 63.5 Å². The number of ether oxygens (including phenoxy) is 1. The number of hydrogen-bond acceptors (Lipinski definition) is 6. The smallest absolute Gasteiger partial charge is 0.251 e. The fourth-order valence-electron chi connectivity index (χ4n) is 3.31. The number of nitrogens with zero attached hydrogens (tertiary/aromatic N) is 4. The summed E-state index contributed by atoms with van der Waals surface area (Å²) in [5.74, 6) is 0.913. The first-order chi connectivity index (χ1) is 15.0. The van der Waals surface area contributed by atoms with Gasteiger partial charge in [0.25, 0.3) is 5.91 Å². The van der Waals surface area contributed by atoms with E-state index in [2.05, 4.69) is 22.1 Å². The summed E-state index contributed by atoms with van der Waals surface area (Å²) < 4.78 is 7.22. The van der Waals surface area contributed by atoms with Crippen molar-refractivity contribution < 1.29 is 14.3 Å².